The SMILES string of the molecule is Cc1cccc(N(C)C(=O)c2cc(Br)ccc2Cl)c1C. The number of benzene rings is 2. The largest absolute Gasteiger partial charge is 0.311 e. The van der Waals surface area contributed by atoms with Crippen LogP contribution >= 0.6 is 27.5 Å². The molecular weight excluding hydrogens is 338 g/mol. The summed E-state index contributed by atoms with van der Waals surface area (Å²) in [4.78, 5) is 14.2. The minimum Gasteiger partial charge on any atom is -0.311 e. The third-order valence-corrected chi connectivity index (χ3v) is 4.22. The number of anilines is 1. The smallest absolute Gasteiger partial charge is 0.259 e. The molecule has 2 aromatic rings. The average molecular weight is 353 g/mol. The molecule has 4 heteroatoms. The summed E-state index contributed by atoms with van der Waals surface area (Å²) >= 11 is 9.49. The molecule has 0 radical (unpaired) electrons. The van der Waals surface area contributed by atoms with Crippen LogP contribution in [0.15, 0.2) is 40.9 Å². The van der Waals surface area contributed by atoms with E-state index in [-0.39, 0.29) is 5.91 Å². The molecule has 0 unspecified atom stereocenters. The van der Waals surface area contributed by atoms with E-state index in [1.807, 2.05) is 38.1 Å². The minimum atomic E-state index is -0.120. The molecule has 20 heavy (non-hydrogen) atoms. The molecule has 0 saturated heterocycles. The number of carbonyl (C=O) groups is 1. The molecule has 2 rings (SSSR count). The van der Waals surface area contributed by atoms with E-state index in [0.29, 0.717) is 10.6 Å². The highest BCUT2D eigenvalue weighted by atomic mass is 79.9. The van der Waals surface area contributed by atoms with Gasteiger partial charge in [0.05, 0.1) is 10.6 Å². The quantitative estimate of drug-likeness (QED) is 0.745. The lowest BCUT2D eigenvalue weighted by molar-refractivity contribution is 0.0993. The maximum atomic E-state index is 12.6. The van der Waals surface area contributed by atoms with Crippen LogP contribution in [-0.4, -0.2) is 13.0 Å². The van der Waals surface area contributed by atoms with Crippen molar-refractivity contribution < 1.29 is 4.79 Å². The molecule has 104 valence electrons. The number of nitrogens with zero attached hydrogens (tertiary/aromatic N) is 1. The first kappa shape index (κ1) is 15.1. The molecule has 0 atom stereocenters. The number of hydrogen-bond donors (Lipinski definition) is 0. The van der Waals surface area contributed by atoms with Crippen molar-refractivity contribution in [3.05, 3.63) is 62.6 Å². The number of amides is 1. The van der Waals surface area contributed by atoms with E-state index < -0.39 is 0 Å². The fraction of sp³-hybridized carbons (Fsp3) is 0.188. The molecule has 0 fully saturated rings. The Bertz CT molecular complexity index is 670. The lowest BCUT2D eigenvalue weighted by Gasteiger charge is -2.21. The van der Waals surface area contributed by atoms with E-state index in [9.17, 15) is 4.79 Å². The number of carbonyl (C=O) groups excluding carboxylic acids is 1. The summed E-state index contributed by atoms with van der Waals surface area (Å²) in [5.41, 5.74) is 3.63. The highest BCUT2D eigenvalue weighted by Crippen LogP contribution is 2.27. The topological polar surface area (TPSA) is 20.3 Å². The molecule has 0 aromatic heterocycles. The van der Waals surface area contributed by atoms with Crippen LogP contribution in [0.2, 0.25) is 5.02 Å². The normalized spacial score (nSPS) is 10.4. The van der Waals surface area contributed by atoms with E-state index in [4.69, 9.17) is 11.6 Å². The van der Waals surface area contributed by atoms with E-state index in [1.165, 1.54) is 0 Å². The van der Waals surface area contributed by atoms with E-state index in [1.54, 1.807) is 24.1 Å². The first-order chi connectivity index (χ1) is 9.41. The Morgan fingerprint density at radius 1 is 1.20 bits per heavy atom. The summed E-state index contributed by atoms with van der Waals surface area (Å²) in [5.74, 6) is -0.120. The van der Waals surface area contributed by atoms with Crippen LogP contribution in [0.5, 0.6) is 0 Å². The van der Waals surface area contributed by atoms with Gasteiger partial charge in [0.1, 0.15) is 0 Å². The van der Waals surface area contributed by atoms with E-state index in [2.05, 4.69) is 15.9 Å². The maximum Gasteiger partial charge on any atom is 0.259 e. The Kier molecular flexibility index (Phi) is 4.51. The van der Waals surface area contributed by atoms with Gasteiger partial charge in [0, 0.05) is 17.2 Å². The second-order valence-corrected chi connectivity index (χ2v) is 6.03. The predicted molar refractivity (Wildman–Crippen MR) is 87.8 cm³/mol. The second-order valence-electron chi connectivity index (χ2n) is 4.71. The van der Waals surface area contributed by atoms with Crippen molar-refractivity contribution in [2.24, 2.45) is 0 Å². The zero-order valence-electron chi connectivity index (χ0n) is 11.6. The first-order valence-electron chi connectivity index (χ1n) is 6.21. The Morgan fingerprint density at radius 3 is 2.60 bits per heavy atom. The van der Waals surface area contributed by atoms with Gasteiger partial charge in [0.15, 0.2) is 0 Å². The van der Waals surface area contributed by atoms with E-state index in [0.717, 1.165) is 21.3 Å². The summed E-state index contributed by atoms with van der Waals surface area (Å²) in [5, 5.41) is 0.454. The van der Waals surface area contributed by atoms with Gasteiger partial charge in [-0.2, -0.15) is 0 Å². The first-order valence-corrected chi connectivity index (χ1v) is 7.38. The van der Waals surface area contributed by atoms with Crippen molar-refractivity contribution >= 4 is 39.1 Å². The molecule has 0 heterocycles. The Balaban J connectivity index is 2.43. The van der Waals surface area contributed by atoms with Crippen molar-refractivity contribution in [2.45, 2.75) is 13.8 Å². The van der Waals surface area contributed by atoms with Gasteiger partial charge < -0.3 is 4.90 Å². The van der Waals surface area contributed by atoms with Gasteiger partial charge in [0.25, 0.3) is 5.91 Å². The minimum absolute atomic E-state index is 0.120. The maximum absolute atomic E-state index is 12.6. The molecule has 1 amide bonds. The molecule has 0 saturated carbocycles. The molecular formula is C16H15BrClNO. The zero-order valence-corrected chi connectivity index (χ0v) is 13.9. The van der Waals surface area contributed by atoms with Crippen molar-refractivity contribution in [2.75, 3.05) is 11.9 Å². The van der Waals surface area contributed by atoms with Crippen LogP contribution in [0.3, 0.4) is 0 Å². The van der Waals surface area contributed by atoms with Gasteiger partial charge in [-0.15, -0.1) is 0 Å². The summed E-state index contributed by atoms with van der Waals surface area (Å²) in [6.07, 6.45) is 0. The molecule has 0 aliphatic heterocycles. The second kappa shape index (κ2) is 5.98. The molecule has 2 aromatic carbocycles. The van der Waals surface area contributed by atoms with Crippen LogP contribution in [0.4, 0.5) is 5.69 Å². The van der Waals surface area contributed by atoms with Crippen LogP contribution in [0.1, 0.15) is 21.5 Å². The van der Waals surface area contributed by atoms with Gasteiger partial charge in [-0.3, -0.25) is 4.79 Å². The average Bonchev–Trinajstić information content (AvgIpc) is 2.43. The van der Waals surface area contributed by atoms with Crippen molar-refractivity contribution in [3.8, 4) is 0 Å². The molecule has 0 aliphatic carbocycles. The van der Waals surface area contributed by atoms with Gasteiger partial charge in [0.2, 0.25) is 0 Å². The summed E-state index contributed by atoms with van der Waals surface area (Å²) < 4.78 is 0.833. The number of halogens is 2. The molecule has 0 aliphatic rings. The van der Waals surface area contributed by atoms with Crippen molar-refractivity contribution in [1.29, 1.82) is 0 Å². The molecule has 0 bridgehead atoms. The van der Waals surface area contributed by atoms with E-state index >= 15 is 0 Å². The number of hydrogen-bond acceptors (Lipinski definition) is 1. The fourth-order valence-electron chi connectivity index (χ4n) is 2.05. The zero-order chi connectivity index (χ0) is 14.9. The summed E-state index contributed by atoms with van der Waals surface area (Å²) in [6.45, 7) is 4.04. The Morgan fingerprint density at radius 2 is 1.90 bits per heavy atom. The lowest BCUT2D eigenvalue weighted by atomic mass is 10.1. The van der Waals surface area contributed by atoms with Crippen LogP contribution < -0.4 is 4.90 Å². The van der Waals surface area contributed by atoms with Gasteiger partial charge in [-0.25, -0.2) is 0 Å². The van der Waals surface area contributed by atoms with Gasteiger partial charge in [-0.05, 0) is 49.2 Å². The van der Waals surface area contributed by atoms with Crippen molar-refractivity contribution in [3.63, 3.8) is 0 Å². The Labute approximate surface area is 132 Å². The van der Waals surface area contributed by atoms with Gasteiger partial charge in [-0.1, -0.05) is 39.7 Å². The third-order valence-electron chi connectivity index (χ3n) is 3.40. The monoisotopic (exact) mass is 351 g/mol. The summed E-state index contributed by atoms with van der Waals surface area (Å²) in [7, 11) is 1.77. The number of rotatable bonds is 2. The molecule has 2 nitrogen and oxygen atoms in total. The van der Waals surface area contributed by atoms with Crippen LogP contribution in [0, 0.1) is 13.8 Å². The van der Waals surface area contributed by atoms with Crippen LogP contribution in [0.25, 0.3) is 0 Å². The fourth-order valence-corrected chi connectivity index (χ4v) is 2.61. The van der Waals surface area contributed by atoms with Gasteiger partial charge >= 0.3 is 0 Å². The van der Waals surface area contributed by atoms with Crippen molar-refractivity contribution in [1.82, 2.24) is 0 Å². The third kappa shape index (κ3) is 2.89. The highest BCUT2D eigenvalue weighted by molar-refractivity contribution is 9.10. The molecule has 0 N–H and O–H groups in total. The Hall–Kier alpha value is -1.32. The molecule has 0 spiro atoms. The summed E-state index contributed by atoms with van der Waals surface area (Å²) in [6, 6.07) is 11.2. The lowest BCUT2D eigenvalue weighted by Crippen LogP contribution is -2.27. The highest BCUT2D eigenvalue weighted by Gasteiger charge is 2.18. The van der Waals surface area contributed by atoms with Crippen LogP contribution in [-0.2, 0) is 0 Å². The standard InChI is InChI=1S/C16H15BrClNO/c1-10-5-4-6-15(11(10)2)19(3)16(20)13-9-12(17)7-8-14(13)18/h4-9H,1-3H3. The number of aryl methyl sites for hydroxylation is 1. The predicted octanol–water partition coefficient (Wildman–Crippen LogP) is 5.00.